The van der Waals surface area contributed by atoms with E-state index >= 15 is 0 Å². The van der Waals surface area contributed by atoms with Crippen LogP contribution in [0.2, 0.25) is 0 Å². The van der Waals surface area contributed by atoms with Gasteiger partial charge in [-0.2, -0.15) is 4.98 Å². The summed E-state index contributed by atoms with van der Waals surface area (Å²) in [6.45, 7) is 7.19. The lowest BCUT2D eigenvalue weighted by molar-refractivity contribution is -0.122. The minimum absolute atomic E-state index is 0.0382. The number of nitrogens with zero attached hydrogens (tertiary/aromatic N) is 4. The Hall–Kier alpha value is -3.91. The van der Waals surface area contributed by atoms with Crippen LogP contribution in [-0.2, 0) is 16.6 Å². The van der Waals surface area contributed by atoms with Crippen LogP contribution in [0.15, 0.2) is 65.2 Å². The van der Waals surface area contributed by atoms with Gasteiger partial charge in [-0.15, -0.1) is 0 Å². The Bertz CT molecular complexity index is 1430. The molecule has 0 saturated heterocycles. The third-order valence-electron chi connectivity index (χ3n) is 7.84. The molecule has 210 valence electrons. The van der Waals surface area contributed by atoms with Crippen LogP contribution in [0.5, 0.6) is 11.5 Å². The molecule has 0 spiro atoms. The molecule has 8 heteroatoms. The van der Waals surface area contributed by atoms with E-state index in [0.29, 0.717) is 29.8 Å². The molecule has 0 saturated carbocycles. The minimum atomic E-state index is -1.20. The van der Waals surface area contributed by atoms with Gasteiger partial charge in [0.15, 0.2) is 17.3 Å². The number of benzene rings is 2. The molecule has 2 aromatic carbocycles. The largest absolute Gasteiger partial charge is 0.493 e. The van der Waals surface area contributed by atoms with Crippen molar-refractivity contribution in [1.29, 1.82) is 0 Å². The van der Waals surface area contributed by atoms with E-state index in [1.54, 1.807) is 14.0 Å². The van der Waals surface area contributed by atoms with Crippen LogP contribution in [-0.4, -0.2) is 61.3 Å². The number of aromatic nitrogens is 2. The zero-order valence-corrected chi connectivity index (χ0v) is 24.2. The average Bonchev–Trinajstić information content (AvgIpc) is 3.39. The highest BCUT2D eigenvalue weighted by molar-refractivity contribution is 6.05. The predicted octanol–water partition coefficient (Wildman–Crippen LogP) is 5.15. The summed E-state index contributed by atoms with van der Waals surface area (Å²) in [4.78, 5) is 23.2. The van der Waals surface area contributed by atoms with Crippen molar-refractivity contribution < 1.29 is 18.8 Å². The number of rotatable bonds is 8. The van der Waals surface area contributed by atoms with E-state index in [-0.39, 0.29) is 17.9 Å². The van der Waals surface area contributed by atoms with E-state index in [0.717, 1.165) is 30.6 Å². The van der Waals surface area contributed by atoms with Crippen molar-refractivity contribution in [2.45, 2.75) is 51.0 Å². The number of ether oxygens (including phenoxy) is 2. The van der Waals surface area contributed by atoms with Crippen LogP contribution in [0.4, 0.5) is 5.69 Å². The summed E-state index contributed by atoms with van der Waals surface area (Å²) in [7, 11) is 5.65. The molecule has 2 aliphatic rings. The van der Waals surface area contributed by atoms with Crippen LogP contribution in [0.25, 0.3) is 0 Å². The molecule has 0 N–H and O–H groups in total. The highest BCUT2D eigenvalue weighted by Crippen LogP contribution is 2.43. The van der Waals surface area contributed by atoms with Crippen LogP contribution in [0.3, 0.4) is 0 Å². The summed E-state index contributed by atoms with van der Waals surface area (Å²) >= 11 is 0. The monoisotopic (exact) mass is 542 g/mol. The Kier molecular flexibility index (Phi) is 7.81. The number of carbonyl (C=O) groups is 1. The quantitative estimate of drug-likeness (QED) is 0.364. The molecule has 0 radical (unpaired) electrons. The Labute approximate surface area is 236 Å². The van der Waals surface area contributed by atoms with Gasteiger partial charge in [-0.05, 0) is 63.5 Å². The van der Waals surface area contributed by atoms with Crippen molar-refractivity contribution in [2.24, 2.45) is 0 Å². The summed E-state index contributed by atoms with van der Waals surface area (Å²) < 4.78 is 17.2. The van der Waals surface area contributed by atoms with E-state index in [1.807, 2.05) is 55.4 Å². The van der Waals surface area contributed by atoms with Gasteiger partial charge in [0.25, 0.3) is 0 Å². The summed E-state index contributed by atoms with van der Waals surface area (Å²) in [5.41, 5.74) is 3.07. The topological polar surface area (TPSA) is 80.9 Å². The molecule has 1 aliphatic carbocycles. The van der Waals surface area contributed by atoms with Crippen molar-refractivity contribution in [3.05, 3.63) is 89.1 Å². The van der Waals surface area contributed by atoms with Crippen molar-refractivity contribution >= 4 is 11.6 Å². The van der Waals surface area contributed by atoms with E-state index in [9.17, 15) is 4.79 Å². The van der Waals surface area contributed by atoms with Crippen LogP contribution in [0.1, 0.15) is 47.7 Å². The van der Waals surface area contributed by atoms with E-state index in [2.05, 4.69) is 53.2 Å². The zero-order valence-electron chi connectivity index (χ0n) is 24.2. The Morgan fingerprint density at radius 3 is 2.55 bits per heavy atom. The highest BCUT2D eigenvalue weighted by atomic mass is 16.5. The fourth-order valence-corrected chi connectivity index (χ4v) is 5.52. The van der Waals surface area contributed by atoms with Gasteiger partial charge >= 0.3 is 0 Å². The van der Waals surface area contributed by atoms with Crippen molar-refractivity contribution in [2.75, 3.05) is 39.3 Å². The number of amides is 1. The van der Waals surface area contributed by atoms with Gasteiger partial charge in [-0.25, -0.2) is 0 Å². The second kappa shape index (κ2) is 11.3. The molecule has 8 nitrogen and oxygen atoms in total. The number of methoxy groups -OCH3 is 1. The number of hydrogen-bond donors (Lipinski definition) is 0. The van der Waals surface area contributed by atoms with Crippen molar-refractivity contribution in [3.63, 3.8) is 0 Å². The standard InChI is InChI=1S/C32H38N4O4/c1-21-9-7-8-10-26(21)24-13-15-32(16-14-24,30-33-23(3)40-34-30)31(37)36-22(2)11-12-25-19-28(38-6)29(20-27(25)36)39-18-17-35(4)5/h7-10,13-16,19-20,22,24H,11-12,17-18H2,1-6H3. The lowest BCUT2D eigenvalue weighted by Gasteiger charge is -2.40. The van der Waals surface area contributed by atoms with Crippen molar-refractivity contribution in [3.8, 4) is 11.5 Å². The molecule has 40 heavy (non-hydrogen) atoms. The SMILES string of the molecule is COc1cc2c(cc1OCCN(C)C)N(C(=O)C1(c3noc(C)n3)C=CC(c3ccccc3C)C=C1)C(C)CC2. The molecule has 1 unspecified atom stereocenters. The Morgan fingerprint density at radius 2 is 1.90 bits per heavy atom. The molecule has 1 amide bonds. The molecule has 1 atom stereocenters. The second-order valence-corrected chi connectivity index (χ2v) is 11.0. The van der Waals surface area contributed by atoms with Crippen molar-refractivity contribution in [1.82, 2.24) is 15.0 Å². The highest BCUT2D eigenvalue weighted by Gasteiger charge is 2.47. The van der Waals surface area contributed by atoms with Gasteiger partial charge in [-0.1, -0.05) is 53.7 Å². The summed E-state index contributed by atoms with van der Waals surface area (Å²) in [5, 5.41) is 4.24. The maximum Gasteiger partial charge on any atom is 0.249 e. The van der Waals surface area contributed by atoms with Crippen LogP contribution in [0, 0.1) is 13.8 Å². The molecule has 2 heterocycles. The number of aryl methyl sites for hydroxylation is 3. The third kappa shape index (κ3) is 5.16. The molecule has 0 bridgehead atoms. The van der Waals surface area contributed by atoms with Gasteiger partial charge in [0.1, 0.15) is 12.0 Å². The number of hydrogen-bond acceptors (Lipinski definition) is 7. The molecule has 1 aliphatic heterocycles. The minimum Gasteiger partial charge on any atom is -0.493 e. The first-order chi connectivity index (χ1) is 19.2. The van der Waals surface area contributed by atoms with Gasteiger partial charge in [0, 0.05) is 31.5 Å². The molecule has 0 fully saturated rings. The molecule has 5 rings (SSSR count). The fraction of sp³-hybridized carbons (Fsp3) is 0.406. The predicted molar refractivity (Wildman–Crippen MR) is 155 cm³/mol. The molecule has 3 aromatic rings. The van der Waals surface area contributed by atoms with Gasteiger partial charge in [-0.3, -0.25) is 4.79 Å². The number of allylic oxidation sites excluding steroid dienone is 2. The zero-order chi connectivity index (χ0) is 28.4. The van der Waals surface area contributed by atoms with Crippen LogP contribution < -0.4 is 14.4 Å². The lowest BCUT2D eigenvalue weighted by atomic mass is 9.76. The Balaban J connectivity index is 1.56. The first kappa shape index (κ1) is 27.6. The summed E-state index contributed by atoms with van der Waals surface area (Å²) in [5.74, 6) is 1.96. The fourth-order valence-electron chi connectivity index (χ4n) is 5.52. The third-order valence-corrected chi connectivity index (χ3v) is 7.84. The maximum atomic E-state index is 14.8. The van der Waals surface area contributed by atoms with E-state index in [4.69, 9.17) is 14.0 Å². The number of carbonyl (C=O) groups excluding carboxylic acids is 1. The van der Waals surface area contributed by atoms with E-state index in [1.165, 1.54) is 11.1 Å². The lowest BCUT2D eigenvalue weighted by Crippen LogP contribution is -2.51. The second-order valence-electron chi connectivity index (χ2n) is 11.0. The first-order valence-corrected chi connectivity index (χ1v) is 13.8. The van der Waals surface area contributed by atoms with Gasteiger partial charge < -0.3 is 23.8 Å². The number of likely N-dealkylation sites (N-methyl/N-ethyl adjacent to an activating group) is 1. The average molecular weight is 543 g/mol. The summed E-state index contributed by atoms with van der Waals surface area (Å²) in [6, 6.07) is 12.2. The summed E-state index contributed by atoms with van der Waals surface area (Å²) in [6.07, 6.45) is 9.69. The smallest absolute Gasteiger partial charge is 0.249 e. The number of fused-ring (bicyclic) bond motifs is 1. The normalized spacial score (nSPS) is 21.9. The van der Waals surface area contributed by atoms with Gasteiger partial charge in [0.05, 0.1) is 12.8 Å². The van der Waals surface area contributed by atoms with E-state index < -0.39 is 5.41 Å². The molecular formula is C32H38N4O4. The Morgan fingerprint density at radius 1 is 1.15 bits per heavy atom. The molecular weight excluding hydrogens is 504 g/mol. The number of anilines is 1. The first-order valence-electron chi connectivity index (χ1n) is 13.8. The van der Waals surface area contributed by atoms with Crippen LogP contribution >= 0.6 is 0 Å². The van der Waals surface area contributed by atoms with Gasteiger partial charge in [0.2, 0.25) is 11.8 Å². The maximum absolute atomic E-state index is 14.8. The molecule has 1 aromatic heterocycles.